The molecule has 1 unspecified atom stereocenters. The van der Waals surface area contributed by atoms with Crippen LogP contribution in [0.3, 0.4) is 0 Å². The second-order valence-corrected chi connectivity index (χ2v) is 5.91. The summed E-state index contributed by atoms with van der Waals surface area (Å²) in [5, 5.41) is 1.11. The van der Waals surface area contributed by atoms with Gasteiger partial charge in [0.1, 0.15) is 7.80 Å². The topological polar surface area (TPSA) is 17.1 Å². The summed E-state index contributed by atoms with van der Waals surface area (Å²) in [4.78, 5) is 0. The van der Waals surface area contributed by atoms with Crippen LogP contribution in [0.2, 0.25) is 5.02 Å². The van der Waals surface area contributed by atoms with Gasteiger partial charge in [-0.05, 0) is 18.2 Å². The van der Waals surface area contributed by atoms with Crippen molar-refractivity contribution < 1.29 is 4.57 Å². The first-order valence-corrected chi connectivity index (χ1v) is 5.69. The minimum atomic E-state index is -1.75. The Morgan fingerprint density at radius 1 is 1.33 bits per heavy atom. The Bertz CT molecular complexity index is 300. The Labute approximate surface area is 86.4 Å². The number of hydrogen-bond donors (Lipinski definition) is 0. The molecule has 0 aromatic heterocycles. The molecule has 0 heterocycles. The average Bonchev–Trinajstić information content (AvgIpc) is 2.03. The Kier molecular flexibility index (Phi) is 3.79. The highest BCUT2D eigenvalue weighted by molar-refractivity contribution is 7.58. The second-order valence-electron chi connectivity index (χ2n) is 2.08. The van der Waals surface area contributed by atoms with Gasteiger partial charge in [-0.25, -0.2) is 0 Å². The van der Waals surface area contributed by atoms with Crippen molar-refractivity contribution in [3.8, 4) is 0 Å². The average molecular weight is 242 g/mol. The van der Waals surface area contributed by atoms with Gasteiger partial charge in [-0.15, -0.1) is 0 Å². The zero-order chi connectivity index (χ0) is 9.14. The molecule has 0 aliphatic carbocycles. The van der Waals surface area contributed by atoms with E-state index in [4.69, 9.17) is 34.8 Å². The summed E-state index contributed by atoms with van der Waals surface area (Å²) in [5.41, 5.74) is 0. The third-order valence-corrected chi connectivity index (χ3v) is 3.68. The van der Waals surface area contributed by atoms with Crippen LogP contribution in [-0.2, 0) is 4.57 Å². The monoisotopic (exact) mass is 241 g/mol. The summed E-state index contributed by atoms with van der Waals surface area (Å²) in [6.45, 7) is 0. The van der Waals surface area contributed by atoms with Crippen LogP contribution in [0.25, 0.3) is 0 Å². The third kappa shape index (κ3) is 2.60. The minimum absolute atomic E-state index is 0.532. The maximum atomic E-state index is 11.3. The van der Waals surface area contributed by atoms with Gasteiger partial charge < -0.3 is 0 Å². The van der Waals surface area contributed by atoms with Gasteiger partial charge >= 0.3 is 0 Å². The molecular formula is C7H5Cl3OP. The van der Waals surface area contributed by atoms with Gasteiger partial charge in [-0.1, -0.05) is 40.9 Å². The van der Waals surface area contributed by atoms with Crippen molar-refractivity contribution >= 4 is 47.9 Å². The van der Waals surface area contributed by atoms with Gasteiger partial charge in [-0.2, -0.15) is 0 Å². The van der Waals surface area contributed by atoms with Gasteiger partial charge in [0, 0.05) is 10.3 Å². The number of alkyl halides is 2. The summed E-state index contributed by atoms with van der Waals surface area (Å²) in [6, 6.07) is 6.69. The molecule has 0 aliphatic heterocycles. The smallest absolute Gasteiger partial charge is 0.181 e. The lowest BCUT2D eigenvalue weighted by molar-refractivity contribution is 0.594. The maximum absolute atomic E-state index is 11.3. The molecule has 0 fully saturated rings. The molecule has 5 heteroatoms. The minimum Gasteiger partial charge on any atom is -0.279 e. The Balaban J connectivity index is 2.96. The van der Waals surface area contributed by atoms with Crippen molar-refractivity contribution in [1.29, 1.82) is 0 Å². The maximum Gasteiger partial charge on any atom is 0.181 e. The summed E-state index contributed by atoms with van der Waals surface area (Å²) >= 11 is 16.6. The molecule has 65 valence electrons. The molecule has 12 heavy (non-hydrogen) atoms. The van der Waals surface area contributed by atoms with Crippen molar-refractivity contribution in [3.63, 3.8) is 0 Å². The first-order chi connectivity index (χ1) is 5.61. The predicted octanol–water partition coefficient (Wildman–Crippen LogP) is 3.55. The number of hydrogen-bond acceptors (Lipinski definition) is 1. The molecule has 1 radical (unpaired) electrons. The molecule has 0 saturated carbocycles. The van der Waals surface area contributed by atoms with Gasteiger partial charge in [-0.3, -0.25) is 4.57 Å². The first kappa shape index (κ1) is 10.3. The van der Waals surface area contributed by atoms with E-state index in [1.807, 2.05) is 0 Å². The van der Waals surface area contributed by atoms with Crippen LogP contribution in [0.1, 0.15) is 0 Å². The highest BCUT2D eigenvalue weighted by Gasteiger charge is 2.12. The molecule has 0 N–H and O–H groups in total. The second kappa shape index (κ2) is 4.43. The molecule has 0 spiro atoms. The predicted molar refractivity (Wildman–Crippen MR) is 54.2 cm³/mol. The zero-order valence-corrected chi connectivity index (χ0v) is 9.04. The van der Waals surface area contributed by atoms with Crippen LogP contribution in [0, 0.1) is 0 Å². The quantitative estimate of drug-likeness (QED) is 0.572. The normalized spacial score (nSPS) is 11.8. The van der Waals surface area contributed by atoms with Crippen molar-refractivity contribution in [2.75, 3.05) is 0 Å². The van der Waals surface area contributed by atoms with Crippen LogP contribution in [0.4, 0.5) is 0 Å². The third-order valence-electron chi connectivity index (χ3n) is 1.24. The van der Waals surface area contributed by atoms with Gasteiger partial charge in [0.15, 0.2) is 4.58 Å². The van der Waals surface area contributed by atoms with E-state index in [2.05, 4.69) is 0 Å². The van der Waals surface area contributed by atoms with E-state index in [1.54, 1.807) is 24.3 Å². The number of halogens is 3. The molecule has 0 bridgehead atoms. The lowest BCUT2D eigenvalue weighted by atomic mass is 10.4. The highest BCUT2D eigenvalue weighted by Crippen LogP contribution is 2.33. The number of rotatable bonds is 2. The molecule has 0 saturated heterocycles. The van der Waals surface area contributed by atoms with Crippen LogP contribution < -0.4 is 5.30 Å². The summed E-state index contributed by atoms with van der Waals surface area (Å²) in [7, 11) is -1.75. The van der Waals surface area contributed by atoms with Crippen LogP contribution in [0.15, 0.2) is 24.3 Å². The van der Waals surface area contributed by atoms with Crippen molar-refractivity contribution in [3.05, 3.63) is 29.3 Å². The van der Waals surface area contributed by atoms with E-state index >= 15 is 0 Å². The Morgan fingerprint density at radius 2 is 2.00 bits per heavy atom. The summed E-state index contributed by atoms with van der Waals surface area (Å²) in [5.74, 6) is 0. The highest BCUT2D eigenvalue weighted by atomic mass is 35.5. The number of benzene rings is 1. The summed E-state index contributed by atoms with van der Waals surface area (Å²) in [6.07, 6.45) is 0. The summed E-state index contributed by atoms with van der Waals surface area (Å²) < 4.78 is 10.4. The molecule has 0 aliphatic rings. The van der Waals surface area contributed by atoms with Gasteiger partial charge in [0.2, 0.25) is 0 Å². The fourth-order valence-electron chi connectivity index (χ4n) is 0.726. The lowest BCUT2D eigenvalue weighted by Gasteiger charge is -2.00. The van der Waals surface area contributed by atoms with Gasteiger partial charge in [0.05, 0.1) is 0 Å². The van der Waals surface area contributed by atoms with Crippen molar-refractivity contribution in [2.45, 2.75) is 4.58 Å². The Morgan fingerprint density at radius 3 is 2.50 bits per heavy atom. The molecule has 1 aromatic carbocycles. The van der Waals surface area contributed by atoms with Gasteiger partial charge in [0.25, 0.3) is 0 Å². The Hall–Kier alpha value is 0.190. The van der Waals surface area contributed by atoms with E-state index in [0.29, 0.717) is 10.3 Å². The molecule has 0 amide bonds. The molecule has 1 atom stereocenters. The van der Waals surface area contributed by atoms with E-state index in [-0.39, 0.29) is 0 Å². The van der Waals surface area contributed by atoms with Crippen molar-refractivity contribution in [2.24, 2.45) is 0 Å². The first-order valence-electron chi connectivity index (χ1n) is 3.11. The van der Waals surface area contributed by atoms with Crippen LogP contribution in [-0.4, -0.2) is 4.58 Å². The van der Waals surface area contributed by atoms with E-state index < -0.39 is 12.4 Å². The molecule has 1 aromatic rings. The van der Waals surface area contributed by atoms with E-state index in [1.165, 1.54) is 0 Å². The standard InChI is InChI=1S/C7H5Cl3OP/c8-5-2-1-3-6(4-5)12(11)7(9)10/h1-4,7H. The molecule has 1 nitrogen and oxygen atoms in total. The zero-order valence-electron chi connectivity index (χ0n) is 5.88. The fourth-order valence-corrected chi connectivity index (χ4v) is 2.39. The SMILES string of the molecule is O=[P](c1cccc(Cl)c1)C(Cl)Cl. The van der Waals surface area contributed by atoms with Crippen LogP contribution >= 0.6 is 42.6 Å². The lowest BCUT2D eigenvalue weighted by Crippen LogP contribution is -1.98. The van der Waals surface area contributed by atoms with E-state index in [9.17, 15) is 4.57 Å². The van der Waals surface area contributed by atoms with Crippen LogP contribution in [0.5, 0.6) is 0 Å². The largest absolute Gasteiger partial charge is 0.279 e. The van der Waals surface area contributed by atoms with E-state index in [0.717, 1.165) is 0 Å². The molecular weight excluding hydrogens is 237 g/mol. The molecule has 1 rings (SSSR count). The van der Waals surface area contributed by atoms with Crippen molar-refractivity contribution in [1.82, 2.24) is 0 Å². The fraction of sp³-hybridized carbons (Fsp3) is 0.143.